The molecule has 0 aliphatic heterocycles. The summed E-state index contributed by atoms with van der Waals surface area (Å²) >= 11 is 1.18. The maximum atomic E-state index is 12.2. The van der Waals surface area contributed by atoms with Crippen molar-refractivity contribution in [1.82, 2.24) is 0 Å². The van der Waals surface area contributed by atoms with Gasteiger partial charge in [-0.3, -0.25) is 9.59 Å². The van der Waals surface area contributed by atoms with Crippen molar-refractivity contribution < 1.29 is 14.3 Å². The zero-order chi connectivity index (χ0) is 18.2. The third kappa shape index (κ3) is 5.33. The van der Waals surface area contributed by atoms with Crippen LogP contribution in [0.1, 0.15) is 21.5 Å². The van der Waals surface area contributed by atoms with Crippen molar-refractivity contribution in [2.45, 2.75) is 17.9 Å². The molecule has 26 heavy (non-hydrogen) atoms. The first-order valence-electron chi connectivity index (χ1n) is 8.26. The minimum absolute atomic E-state index is 0.000575. The lowest BCUT2D eigenvalue weighted by Crippen LogP contribution is -2.07. The topological polar surface area (TPSA) is 43.4 Å². The molecule has 0 radical (unpaired) electrons. The Kier molecular flexibility index (Phi) is 6.23. The highest BCUT2D eigenvalue weighted by Gasteiger charge is 2.09. The maximum Gasteiger partial charge on any atom is 0.310 e. The molecule has 0 aromatic heterocycles. The average molecular weight is 362 g/mol. The van der Waals surface area contributed by atoms with Gasteiger partial charge in [-0.05, 0) is 35.0 Å². The second-order valence-electron chi connectivity index (χ2n) is 5.72. The molecule has 0 amide bonds. The molecule has 0 bridgehead atoms. The lowest BCUT2D eigenvalue weighted by molar-refractivity contribution is -0.144. The van der Waals surface area contributed by atoms with Gasteiger partial charge in [0, 0.05) is 10.5 Å². The van der Waals surface area contributed by atoms with E-state index in [1.165, 1.54) is 11.8 Å². The van der Waals surface area contributed by atoms with Crippen molar-refractivity contribution in [1.29, 1.82) is 0 Å². The molecule has 0 unspecified atom stereocenters. The Balaban J connectivity index is 1.51. The summed E-state index contributed by atoms with van der Waals surface area (Å²) in [5.74, 6) is -0.269. The largest absolute Gasteiger partial charge is 0.461 e. The Morgan fingerprint density at radius 3 is 2.00 bits per heavy atom. The zero-order valence-electron chi connectivity index (χ0n) is 14.1. The summed E-state index contributed by atoms with van der Waals surface area (Å²) in [7, 11) is 0. The first kappa shape index (κ1) is 18.0. The van der Waals surface area contributed by atoms with Gasteiger partial charge in [0.15, 0.2) is 0 Å². The summed E-state index contributed by atoms with van der Waals surface area (Å²) in [6.45, 7) is 0.277. The van der Waals surface area contributed by atoms with Crippen molar-refractivity contribution >= 4 is 22.8 Å². The summed E-state index contributed by atoms with van der Waals surface area (Å²) in [6.07, 6.45) is 0.213. The molecule has 3 rings (SSSR count). The van der Waals surface area contributed by atoms with Crippen LogP contribution in [0.4, 0.5) is 0 Å². The van der Waals surface area contributed by atoms with Gasteiger partial charge in [-0.15, -0.1) is 0 Å². The molecular weight excluding hydrogens is 344 g/mol. The fraction of sp³-hybridized carbons (Fsp3) is 0.0909. The fourth-order valence-corrected chi connectivity index (χ4v) is 3.11. The van der Waals surface area contributed by atoms with Crippen LogP contribution in [-0.2, 0) is 22.6 Å². The highest BCUT2D eigenvalue weighted by atomic mass is 32.2. The van der Waals surface area contributed by atoms with Gasteiger partial charge in [0.05, 0.1) is 6.42 Å². The quantitative estimate of drug-likeness (QED) is 0.462. The standard InChI is InChI=1S/C22H18O3S/c23-21(25-16-18-7-3-1-4-8-18)15-17-11-13-20(14-12-17)26-22(24)19-9-5-2-6-10-19/h1-14H,15-16H2. The van der Waals surface area contributed by atoms with Crippen LogP contribution in [0, 0.1) is 0 Å². The Morgan fingerprint density at radius 2 is 1.35 bits per heavy atom. The van der Waals surface area contributed by atoms with Crippen molar-refractivity contribution in [3.63, 3.8) is 0 Å². The lowest BCUT2D eigenvalue weighted by Gasteiger charge is -2.06. The van der Waals surface area contributed by atoms with Crippen LogP contribution in [0.15, 0.2) is 89.8 Å². The number of carbonyl (C=O) groups excluding carboxylic acids is 2. The summed E-state index contributed by atoms with van der Waals surface area (Å²) in [5, 5.41) is 0.000575. The van der Waals surface area contributed by atoms with Crippen molar-refractivity contribution in [3.05, 3.63) is 102 Å². The van der Waals surface area contributed by atoms with Crippen LogP contribution in [0.2, 0.25) is 0 Å². The molecule has 3 aromatic rings. The van der Waals surface area contributed by atoms with E-state index in [1.54, 1.807) is 12.1 Å². The average Bonchev–Trinajstić information content (AvgIpc) is 2.69. The van der Waals surface area contributed by atoms with E-state index in [9.17, 15) is 9.59 Å². The van der Waals surface area contributed by atoms with Gasteiger partial charge < -0.3 is 4.74 Å². The Hall–Kier alpha value is -2.85. The smallest absolute Gasteiger partial charge is 0.310 e. The zero-order valence-corrected chi connectivity index (χ0v) is 14.9. The summed E-state index contributed by atoms with van der Waals surface area (Å²) < 4.78 is 5.29. The summed E-state index contributed by atoms with van der Waals surface area (Å²) in [4.78, 5) is 25.0. The first-order chi connectivity index (χ1) is 12.7. The summed E-state index contributed by atoms with van der Waals surface area (Å²) in [5.41, 5.74) is 2.50. The summed E-state index contributed by atoms with van der Waals surface area (Å²) in [6, 6.07) is 26.2. The molecule has 0 fully saturated rings. The molecule has 0 aliphatic carbocycles. The van der Waals surface area contributed by atoms with Gasteiger partial charge in [0.2, 0.25) is 5.12 Å². The van der Waals surface area contributed by atoms with Gasteiger partial charge in [-0.2, -0.15) is 0 Å². The SMILES string of the molecule is O=C(Cc1ccc(SC(=O)c2ccccc2)cc1)OCc1ccccc1. The molecule has 0 N–H and O–H groups in total. The van der Waals surface area contributed by atoms with Crippen molar-refractivity contribution in [3.8, 4) is 0 Å². The molecule has 0 atom stereocenters. The third-order valence-corrected chi connectivity index (χ3v) is 4.66. The van der Waals surface area contributed by atoms with E-state index in [1.807, 2.05) is 72.8 Å². The molecule has 4 heteroatoms. The van der Waals surface area contributed by atoms with Crippen LogP contribution in [0.25, 0.3) is 0 Å². The number of benzene rings is 3. The molecule has 0 spiro atoms. The highest BCUT2D eigenvalue weighted by Crippen LogP contribution is 2.23. The predicted octanol–water partition coefficient (Wildman–Crippen LogP) is 4.91. The van der Waals surface area contributed by atoms with Gasteiger partial charge in [0.25, 0.3) is 0 Å². The highest BCUT2D eigenvalue weighted by molar-refractivity contribution is 8.14. The molecule has 0 heterocycles. The van der Waals surface area contributed by atoms with E-state index < -0.39 is 0 Å². The van der Waals surface area contributed by atoms with Gasteiger partial charge in [0.1, 0.15) is 6.61 Å². The molecule has 0 saturated heterocycles. The fourth-order valence-electron chi connectivity index (χ4n) is 2.37. The molecule has 3 aromatic carbocycles. The van der Waals surface area contributed by atoms with Gasteiger partial charge in [-0.25, -0.2) is 0 Å². The third-order valence-electron chi connectivity index (χ3n) is 3.73. The van der Waals surface area contributed by atoms with Crippen molar-refractivity contribution in [2.24, 2.45) is 0 Å². The van der Waals surface area contributed by atoms with Gasteiger partial charge >= 0.3 is 5.97 Å². The van der Waals surface area contributed by atoms with Crippen molar-refractivity contribution in [2.75, 3.05) is 0 Å². The van der Waals surface area contributed by atoms with E-state index in [2.05, 4.69) is 0 Å². The second kappa shape index (κ2) is 9.02. The maximum absolute atomic E-state index is 12.2. The monoisotopic (exact) mass is 362 g/mol. The number of thioether (sulfide) groups is 1. The molecule has 130 valence electrons. The Labute approximate surface area is 157 Å². The Bertz CT molecular complexity index is 859. The number of carbonyl (C=O) groups is 2. The van der Waals surface area contributed by atoms with Crippen LogP contribution >= 0.6 is 11.8 Å². The van der Waals surface area contributed by atoms with E-state index in [4.69, 9.17) is 4.74 Å². The number of ether oxygens (including phenoxy) is 1. The number of hydrogen-bond acceptors (Lipinski definition) is 4. The molecule has 3 nitrogen and oxygen atoms in total. The van der Waals surface area contributed by atoms with Gasteiger partial charge in [-0.1, -0.05) is 72.8 Å². The van der Waals surface area contributed by atoms with Crippen LogP contribution in [0.3, 0.4) is 0 Å². The lowest BCUT2D eigenvalue weighted by atomic mass is 10.1. The van der Waals surface area contributed by atoms with Crippen LogP contribution < -0.4 is 0 Å². The molecular formula is C22H18O3S. The minimum atomic E-state index is -0.269. The van der Waals surface area contributed by atoms with E-state index in [0.717, 1.165) is 16.0 Å². The normalized spacial score (nSPS) is 10.3. The number of rotatable bonds is 6. The minimum Gasteiger partial charge on any atom is -0.461 e. The molecule has 0 saturated carbocycles. The second-order valence-corrected chi connectivity index (χ2v) is 6.77. The number of hydrogen-bond donors (Lipinski definition) is 0. The van der Waals surface area contributed by atoms with E-state index in [-0.39, 0.29) is 24.1 Å². The predicted molar refractivity (Wildman–Crippen MR) is 103 cm³/mol. The first-order valence-corrected chi connectivity index (χ1v) is 9.08. The van der Waals surface area contributed by atoms with E-state index in [0.29, 0.717) is 5.56 Å². The Morgan fingerprint density at radius 1 is 0.731 bits per heavy atom. The van der Waals surface area contributed by atoms with Crippen LogP contribution in [0.5, 0.6) is 0 Å². The molecule has 0 aliphatic rings. The number of esters is 1. The van der Waals surface area contributed by atoms with E-state index >= 15 is 0 Å². The van der Waals surface area contributed by atoms with Crippen LogP contribution in [-0.4, -0.2) is 11.1 Å².